The van der Waals surface area contributed by atoms with Crippen LogP contribution in [0.25, 0.3) is 0 Å². The van der Waals surface area contributed by atoms with E-state index in [-0.39, 0.29) is 24.2 Å². The molecule has 0 aliphatic heterocycles. The van der Waals surface area contributed by atoms with Gasteiger partial charge in [-0.2, -0.15) is 0 Å². The van der Waals surface area contributed by atoms with Gasteiger partial charge in [-0.05, 0) is 50.5 Å². The monoisotopic (exact) mass is 519 g/mol. The summed E-state index contributed by atoms with van der Waals surface area (Å²) >= 11 is 0. The van der Waals surface area contributed by atoms with Gasteiger partial charge in [0.25, 0.3) is 0 Å². The maximum Gasteiger partial charge on any atom is 0.244 e. The van der Waals surface area contributed by atoms with Crippen LogP contribution < -0.4 is 19.1 Å². The maximum atomic E-state index is 13.7. The first-order valence-electron chi connectivity index (χ1n) is 11.8. The van der Waals surface area contributed by atoms with E-state index in [4.69, 9.17) is 9.47 Å². The van der Waals surface area contributed by atoms with Crippen molar-refractivity contribution in [2.75, 3.05) is 31.3 Å². The first-order chi connectivity index (χ1) is 16.9. The quantitative estimate of drug-likeness (QED) is 0.462. The number of hydrogen-bond donors (Lipinski definition) is 1. The number of anilines is 1. The lowest BCUT2D eigenvalue weighted by atomic mass is 10.1. The average molecular weight is 520 g/mol. The molecule has 0 aliphatic carbocycles. The molecule has 2 amide bonds. The third kappa shape index (κ3) is 7.36. The molecule has 0 saturated heterocycles. The second-order valence-corrected chi connectivity index (χ2v) is 10.8. The summed E-state index contributed by atoms with van der Waals surface area (Å²) in [4.78, 5) is 28.2. The molecule has 0 bridgehead atoms. The minimum absolute atomic E-state index is 0.110. The fourth-order valence-corrected chi connectivity index (χ4v) is 4.71. The van der Waals surface area contributed by atoms with Gasteiger partial charge in [-0.3, -0.25) is 13.9 Å². The van der Waals surface area contributed by atoms with Crippen molar-refractivity contribution in [2.45, 2.75) is 52.7 Å². The molecule has 0 radical (unpaired) electrons. The van der Waals surface area contributed by atoms with Crippen LogP contribution in [-0.4, -0.2) is 64.2 Å². The van der Waals surface area contributed by atoms with Gasteiger partial charge < -0.3 is 19.7 Å². The fraction of sp³-hybridized carbons (Fsp3) is 0.462. The van der Waals surface area contributed by atoms with Crippen molar-refractivity contribution >= 4 is 27.5 Å². The van der Waals surface area contributed by atoms with Gasteiger partial charge in [-0.1, -0.05) is 31.2 Å². The van der Waals surface area contributed by atoms with Gasteiger partial charge in [0, 0.05) is 18.7 Å². The summed E-state index contributed by atoms with van der Waals surface area (Å²) < 4.78 is 37.1. The highest BCUT2D eigenvalue weighted by molar-refractivity contribution is 7.92. The van der Waals surface area contributed by atoms with E-state index in [1.165, 1.54) is 25.2 Å². The van der Waals surface area contributed by atoms with Crippen molar-refractivity contribution in [3.05, 3.63) is 53.6 Å². The standard InChI is InChI=1S/C26H37N3O6S/c1-8-22(26(31)27-18(2)3)28(16-20-12-10-9-11-19(20)4)25(30)17-29(36(7,32)33)21-13-14-23(34-5)24(15-21)35-6/h9-15,18,22H,8,16-17H2,1-7H3,(H,27,31)/t22-/m0/s1. The molecular formula is C26H37N3O6S. The fourth-order valence-electron chi connectivity index (χ4n) is 3.86. The number of carbonyl (C=O) groups excluding carboxylic acids is 2. The summed E-state index contributed by atoms with van der Waals surface area (Å²) in [6.07, 6.45) is 1.40. The number of hydrogen-bond acceptors (Lipinski definition) is 6. The first kappa shape index (κ1) is 29.0. The van der Waals surface area contributed by atoms with Crippen molar-refractivity contribution in [2.24, 2.45) is 0 Å². The number of sulfonamides is 1. The molecule has 0 spiro atoms. The molecule has 10 heteroatoms. The molecule has 0 saturated carbocycles. The van der Waals surface area contributed by atoms with E-state index in [1.54, 1.807) is 12.1 Å². The number of aryl methyl sites for hydroxylation is 1. The van der Waals surface area contributed by atoms with Crippen LogP contribution in [0, 0.1) is 6.92 Å². The maximum absolute atomic E-state index is 13.7. The molecule has 0 aromatic heterocycles. The summed E-state index contributed by atoms with van der Waals surface area (Å²) in [6.45, 7) is 7.14. The lowest BCUT2D eigenvalue weighted by Crippen LogP contribution is -2.53. The van der Waals surface area contributed by atoms with Crippen LogP contribution in [0.15, 0.2) is 42.5 Å². The van der Waals surface area contributed by atoms with Gasteiger partial charge in [-0.25, -0.2) is 8.42 Å². The summed E-state index contributed by atoms with van der Waals surface area (Å²) in [5, 5.41) is 2.88. The van der Waals surface area contributed by atoms with Gasteiger partial charge in [0.2, 0.25) is 21.8 Å². The Morgan fingerprint density at radius 1 is 1.03 bits per heavy atom. The summed E-state index contributed by atoms with van der Waals surface area (Å²) in [7, 11) is -0.932. The number of methoxy groups -OCH3 is 2. The van der Waals surface area contributed by atoms with Gasteiger partial charge in [0.05, 0.1) is 26.2 Å². The second-order valence-electron chi connectivity index (χ2n) is 8.84. The lowest BCUT2D eigenvalue weighted by molar-refractivity contribution is -0.140. The van der Waals surface area contributed by atoms with Crippen molar-refractivity contribution in [3.63, 3.8) is 0 Å². The van der Waals surface area contributed by atoms with Crippen LogP contribution in [0.5, 0.6) is 11.5 Å². The van der Waals surface area contributed by atoms with E-state index in [0.717, 1.165) is 21.7 Å². The van der Waals surface area contributed by atoms with Gasteiger partial charge >= 0.3 is 0 Å². The summed E-state index contributed by atoms with van der Waals surface area (Å²) in [5.74, 6) is -0.0232. The molecule has 1 atom stereocenters. The van der Waals surface area contributed by atoms with Crippen molar-refractivity contribution in [1.82, 2.24) is 10.2 Å². The van der Waals surface area contributed by atoms with Crippen molar-refractivity contribution < 1.29 is 27.5 Å². The average Bonchev–Trinajstić information content (AvgIpc) is 2.81. The van der Waals surface area contributed by atoms with Crippen molar-refractivity contribution in [1.29, 1.82) is 0 Å². The highest BCUT2D eigenvalue weighted by Gasteiger charge is 2.32. The molecule has 0 aliphatic rings. The number of carbonyl (C=O) groups is 2. The van der Waals surface area contributed by atoms with Gasteiger partial charge in [0.15, 0.2) is 11.5 Å². The normalized spacial score (nSPS) is 12.1. The lowest BCUT2D eigenvalue weighted by Gasteiger charge is -2.33. The van der Waals surface area contributed by atoms with E-state index < -0.39 is 28.5 Å². The Hall–Kier alpha value is -3.27. The SMILES string of the molecule is CC[C@@H](C(=O)NC(C)C)N(Cc1ccccc1C)C(=O)CN(c1ccc(OC)c(OC)c1)S(C)(=O)=O. The Morgan fingerprint density at radius 3 is 2.19 bits per heavy atom. The highest BCUT2D eigenvalue weighted by Crippen LogP contribution is 2.32. The third-order valence-electron chi connectivity index (χ3n) is 5.75. The Balaban J connectivity index is 2.50. The molecule has 0 heterocycles. The molecular weight excluding hydrogens is 482 g/mol. The second kappa shape index (κ2) is 12.6. The largest absolute Gasteiger partial charge is 0.493 e. The number of nitrogens with zero attached hydrogens (tertiary/aromatic N) is 2. The Bertz CT molecular complexity index is 1170. The minimum Gasteiger partial charge on any atom is -0.493 e. The summed E-state index contributed by atoms with van der Waals surface area (Å²) in [6, 6.07) is 11.3. The molecule has 2 aromatic rings. The van der Waals surface area contributed by atoms with E-state index in [0.29, 0.717) is 17.9 Å². The molecule has 198 valence electrons. The Labute approximate surface area is 214 Å². The summed E-state index contributed by atoms with van der Waals surface area (Å²) in [5.41, 5.74) is 2.09. The highest BCUT2D eigenvalue weighted by atomic mass is 32.2. The Kier molecular flexibility index (Phi) is 10.2. The van der Waals surface area contributed by atoms with E-state index in [1.807, 2.05) is 52.0 Å². The number of ether oxygens (including phenoxy) is 2. The van der Waals surface area contributed by atoms with Crippen LogP contribution in [-0.2, 0) is 26.2 Å². The smallest absolute Gasteiger partial charge is 0.244 e. The predicted molar refractivity (Wildman–Crippen MR) is 141 cm³/mol. The number of benzene rings is 2. The molecule has 36 heavy (non-hydrogen) atoms. The van der Waals surface area contributed by atoms with E-state index >= 15 is 0 Å². The van der Waals surface area contributed by atoms with Gasteiger partial charge in [-0.15, -0.1) is 0 Å². The zero-order chi connectivity index (χ0) is 27.0. The minimum atomic E-state index is -3.85. The van der Waals surface area contributed by atoms with Crippen LogP contribution >= 0.6 is 0 Å². The molecule has 1 N–H and O–H groups in total. The van der Waals surface area contributed by atoms with E-state index in [2.05, 4.69) is 5.32 Å². The number of rotatable bonds is 12. The molecule has 0 fully saturated rings. The predicted octanol–water partition coefficient (Wildman–Crippen LogP) is 3.11. The van der Waals surface area contributed by atoms with Crippen LogP contribution in [0.3, 0.4) is 0 Å². The first-order valence-corrected chi connectivity index (χ1v) is 13.6. The topological polar surface area (TPSA) is 105 Å². The van der Waals surface area contributed by atoms with Crippen LogP contribution in [0.4, 0.5) is 5.69 Å². The number of amides is 2. The molecule has 9 nitrogen and oxygen atoms in total. The molecule has 2 aromatic carbocycles. The Morgan fingerprint density at radius 2 is 1.67 bits per heavy atom. The van der Waals surface area contributed by atoms with Crippen LogP contribution in [0.2, 0.25) is 0 Å². The van der Waals surface area contributed by atoms with E-state index in [9.17, 15) is 18.0 Å². The third-order valence-corrected chi connectivity index (χ3v) is 6.89. The number of nitrogens with one attached hydrogen (secondary N) is 1. The van der Waals surface area contributed by atoms with Crippen molar-refractivity contribution in [3.8, 4) is 11.5 Å². The van der Waals surface area contributed by atoms with Gasteiger partial charge in [0.1, 0.15) is 12.6 Å². The zero-order valence-electron chi connectivity index (χ0n) is 22.1. The van der Waals surface area contributed by atoms with Crippen LogP contribution in [0.1, 0.15) is 38.3 Å². The zero-order valence-corrected chi connectivity index (χ0v) is 22.9. The molecule has 0 unspecified atom stereocenters. The molecule has 2 rings (SSSR count).